The Morgan fingerprint density at radius 2 is 2.04 bits per heavy atom. The van der Waals surface area contributed by atoms with Crippen molar-refractivity contribution in [3.8, 4) is 0 Å². The van der Waals surface area contributed by atoms with Gasteiger partial charge in [-0.3, -0.25) is 0 Å². The van der Waals surface area contributed by atoms with Crippen LogP contribution in [0, 0.1) is 6.92 Å². The quantitative estimate of drug-likeness (QED) is 0.640. The molecule has 126 valence electrons. The zero-order chi connectivity index (χ0) is 17.2. The van der Waals surface area contributed by atoms with E-state index in [0.717, 1.165) is 15.1 Å². The molecule has 0 saturated carbocycles. The van der Waals surface area contributed by atoms with Crippen LogP contribution in [0.3, 0.4) is 0 Å². The van der Waals surface area contributed by atoms with E-state index in [1.165, 1.54) is 18.5 Å². The minimum atomic E-state index is -3.58. The zero-order valence-electron chi connectivity index (χ0n) is 12.8. The standard InChI is InChI=1S/C15H15ClN4O2S2/c1-10-7-13-14(18-9-19-15(13)23-10)17-5-6-20-24(21,22)12-4-2-3-11(16)8-12/h2-4,7-9,20H,5-6H2,1H3,(H,17,18,19). The molecule has 0 fully saturated rings. The van der Waals surface area contributed by atoms with E-state index in [-0.39, 0.29) is 11.4 Å². The van der Waals surface area contributed by atoms with Crippen molar-refractivity contribution < 1.29 is 8.42 Å². The van der Waals surface area contributed by atoms with E-state index >= 15 is 0 Å². The fraction of sp³-hybridized carbons (Fsp3) is 0.200. The Balaban J connectivity index is 1.62. The SMILES string of the molecule is Cc1cc2c(NCCNS(=O)(=O)c3cccc(Cl)c3)ncnc2s1. The molecule has 0 radical (unpaired) electrons. The number of aromatic nitrogens is 2. The molecule has 0 aliphatic heterocycles. The first-order chi connectivity index (χ1) is 11.5. The molecule has 0 saturated heterocycles. The summed E-state index contributed by atoms with van der Waals surface area (Å²) in [4.78, 5) is 10.6. The van der Waals surface area contributed by atoms with Gasteiger partial charge < -0.3 is 5.32 Å². The molecule has 3 rings (SSSR count). The van der Waals surface area contributed by atoms with Gasteiger partial charge in [-0.05, 0) is 31.2 Å². The van der Waals surface area contributed by atoms with E-state index in [1.54, 1.807) is 23.5 Å². The Bertz CT molecular complexity index is 973. The van der Waals surface area contributed by atoms with Crippen LogP contribution in [0.4, 0.5) is 5.82 Å². The van der Waals surface area contributed by atoms with E-state index in [2.05, 4.69) is 20.0 Å². The molecule has 0 amide bonds. The lowest BCUT2D eigenvalue weighted by Crippen LogP contribution is -2.29. The molecule has 3 aromatic rings. The number of nitrogens with one attached hydrogen (secondary N) is 2. The van der Waals surface area contributed by atoms with Crippen molar-refractivity contribution in [2.24, 2.45) is 0 Å². The maximum absolute atomic E-state index is 12.2. The van der Waals surface area contributed by atoms with Gasteiger partial charge in [-0.25, -0.2) is 23.1 Å². The third kappa shape index (κ3) is 3.84. The number of aryl methyl sites for hydroxylation is 1. The summed E-state index contributed by atoms with van der Waals surface area (Å²) in [6, 6.07) is 8.17. The number of anilines is 1. The van der Waals surface area contributed by atoms with Crippen molar-refractivity contribution >= 4 is 49.0 Å². The molecule has 0 bridgehead atoms. The lowest BCUT2D eigenvalue weighted by atomic mass is 10.3. The first kappa shape index (κ1) is 17.1. The van der Waals surface area contributed by atoms with Crippen molar-refractivity contribution in [2.75, 3.05) is 18.4 Å². The summed E-state index contributed by atoms with van der Waals surface area (Å²) in [5.41, 5.74) is 0. The smallest absolute Gasteiger partial charge is 0.240 e. The summed E-state index contributed by atoms with van der Waals surface area (Å²) in [5, 5.41) is 4.46. The van der Waals surface area contributed by atoms with E-state index in [0.29, 0.717) is 17.4 Å². The monoisotopic (exact) mass is 382 g/mol. The predicted molar refractivity (Wildman–Crippen MR) is 97.3 cm³/mol. The molecule has 1 aromatic carbocycles. The third-order valence-corrected chi connectivity index (χ3v) is 5.92. The summed E-state index contributed by atoms with van der Waals surface area (Å²) >= 11 is 7.43. The predicted octanol–water partition coefficient (Wildman–Crippen LogP) is 3.04. The highest BCUT2D eigenvalue weighted by Gasteiger charge is 2.13. The molecule has 0 unspecified atom stereocenters. The summed E-state index contributed by atoms with van der Waals surface area (Å²) in [6.45, 7) is 2.64. The molecule has 0 atom stereocenters. The first-order valence-electron chi connectivity index (χ1n) is 7.16. The summed E-state index contributed by atoms with van der Waals surface area (Å²) < 4.78 is 26.9. The topological polar surface area (TPSA) is 84.0 Å². The van der Waals surface area contributed by atoms with Crippen LogP contribution in [-0.4, -0.2) is 31.5 Å². The highest BCUT2D eigenvalue weighted by Crippen LogP contribution is 2.27. The Morgan fingerprint density at radius 3 is 2.83 bits per heavy atom. The Labute approximate surface area is 149 Å². The van der Waals surface area contributed by atoms with Gasteiger partial charge in [-0.2, -0.15) is 0 Å². The number of benzene rings is 1. The van der Waals surface area contributed by atoms with Crippen LogP contribution in [-0.2, 0) is 10.0 Å². The second-order valence-corrected chi connectivity index (χ2v) is 8.52. The first-order valence-corrected chi connectivity index (χ1v) is 9.84. The molecule has 0 aliphatic carbocycles. The largest absolute Gasteiger partial charge is 0.368 e. The number of sulfonamides is 1. The molecular formula is C15H15ClN4O2S2. The minimum Gasteiger partial charge on any atom is -0.368 e. The summed E-state index contributed by atoms with van der Waals surface area (Å²) in [6.07, 6.45) is 1.50. The van der Waals surface area contributed by atoms with Gasteiger partial charge in [0.05, 0.1) is 10.3 Å². The van der Waals surface area contributed by atoms with Gasteiger partial charge >= 0.3 is 0 Å². The van der Waals surface area contributed by atoms with Crippen molar-refractivity contribution in [1.82, 2.24) is 14.7 Å². The lowest BCUT2D eigenvalue weighted by Gasteiger charge is -2.09. The van der Waals surface area contributed by atoms with Crippen LogP contribution in [0.25, 0.3) is 10.2 Å². The third-order valence-electron chi connectivity index (χ3n) is 3.27. The maximum atomic E-state index is 12.2. The van der Waals surface area contributed by atoms with Crippen molar-refractivity contribution in [3.63, 3.8) is 0 Å². The maximum Gasteiger partial charge on any atom is 0.240 e. The second kappa shape index (κ2) is 7.02. The van der Waals surface area contributed by atoms with Gasteiger partial charge in [0.2, 0.25) is 10.0 Å². The Kier molecular flexibility index (Phi) is 5.00. The van der Waals surface area contributed by atoms with Crippen LogP contribution < -0.4 is 10.0 Å². The van der Waals surface area contributed by atoms with Crippen LogP contribution in [0.15, 0.2) is 41.6 Å². The van der Waals surface area contributed by atoms with Crippen molar-refractivity contribution in [1.29, 1.82) is 0 Å². The molecule has 24 heavy (non-hydrogen) atoms. The summed E-state index contributed by atoms with van der Waals surface area (Å²) in [7, 11) is -3.58. The Hall–Kier alpha value is -1.74. The number of hydrogen-bond acceptors (Lipinski definition) is 6. The molecule has 2 N–H and O–H groups in total. The van der Waals surface area contributed by atoms with Gasteiger partial charge in [0.1, 0.15) is 17.0 Å². The number of fused-ring (bicyclic) bond motifs is 1. The number of hydrogen-bond donors (Lipinski definition) is 2. The highest BCUT2D eigenvalue weighted by atomic mass is 35.5. The number of thiophene rings is 1. The second-order valence-electron chi connectivity index (χ2n) is 5.08. The van der Waals surface area contributed by atoms with Gasteiger partial charge in [0.25, 0.3) is 0 Å². The van der Waals surface area contributed by atoms with E-state index in [9.17, 15) is 8.42 Å². The molecule has 6 nitrogen and oxygen atoms in total. The fourth-order valence-electron chi connectivity index (χ4n) is 2.20. The van der Waals surface area contributed by atoms with Crippen molar-refractivity contribution in [2.45, 2.75) is 11.8 Å². The average molecular weight is 383 g/mol. The van der Waals surface area contributed by atoms with Gasteiger partial charge in [-0.15, -0.1) is 11.3 Å². The molecule has 0 aliphatic rings. The molecular weight excluding hydrogens is 368 g/mol. The van der Waals surface area contributed by atoms with Gasteiger partial charge in [0, 0.05) is 23.0 Å². The minimum absolute atomic E-state index is 0.146. The fourth-order valence-corrected chi connectivity index (χ4v) is 4.38. The molecule has 2 heterocycles. The van der Waals surface area contributed by atoms with Crippen LogP contribution in [0.1, 0.15) is 4.88 Å². The summed E-state index contributed by atoms with van der Waals surface area (Å²) in [5.74, 6) is 0.700. The Morgan fingerprint density at radius 1 is 1.21 bits per heavy atom. The number of nitrogens with zero attached hydrogens (tertiary/aromatic N) is 2. The van der Waals surface area contributed by atoms with Crippen LogP contribution in [0.2, 0.25) is 5.02 Å². The average Bonchev–Trinajstić information content (AvgIpc) is 2.92. The van der Waals surface area contributed by atoms with Crippen LogP contribution >= 0.6 is 22.9 Å². The number of halogens is 1. The number of rotatable bonds is 6. The molecule has 0 spiro atoms. The van der Waals surface area contributed by atoms with E-state index < -0.39 is 10.0 Å². The normalized spacial score (nSPS) is 11.8. The van der Waals surface area contributed by atoms with Crippen molar-refractivity contribution in [3.05, 3.63) is 46.6 Å². The molecule has 2 aromatic heterocycles. The highest BCUT2D eigenvalue weighted by molar-refractivity contribution is 7.89. The van der Waals surface area contributed by atoms with Gasteiger partial charge in [-0.1, -0.05) is 17.7 Å². The lowest BCUT2D eigenvalue weighted by molar-refractivity contribution is 0.583. The van der Waals surface area contributed by atoms with Crippen LogP contribution in [0.5, 0.6) is 0 Å². The van der Waals surface area contributed by atoms with Gasteiger partial charge in [0.15, 0.2) is 0 Å². The zero-order valence-corrected chi connectivity index (χ0v) is 15.2. The molecule has 9 heteroatoms. The van der Waals surface area contributed by atoms with E-state index in [1.807, 2.05) is 13.0 Å². The van der Waals surface area contributed by atoms with E-state index in [4.69, 9.17) is 11.6 Å².